The summed E-state index contributed by atoms with van der Waals surface area (Å²) < 4.78 is 19.8. The first-order valence-electron chi connectivity index (χ1n) is 8.98. The highest BCUT2D eigenvalue weighted by Crippen LogP contribution is 2.21. The summed E-state index contributed by atoms with van der Waals surface area (Å²) in [4.78, 5) is 20.6. The molecule has 1 aromatic carbocycles. The number of benzene rings is 1. The largest absolute Gasteiger partial charge is 0.375 e. The Morgan fingerprint density at radius 2 is 1.93 bits per heavy atom. The topological polar surface area (TPSA) is 57.7 Å². The molecule has 1 aromatic heterocycles. The number of anilines is 3. The van der Waals surface area contributed by atoms with Crippen molar-refractivity contribution in [1.29, 1.82) is 0 Å². The summed E-state index contributed by atoms with van der Waals surface area (Å²) >= 11 is 0. The molecule has 7 heteroatoms. The molecule has 3 rings (SSSR count). The van der Waals surface area contributed by atoms with Gasteiger partial charge in [-0.25, -0.2) is 9.37 Å². The van der Waals surface area contributed by atoms with E-state index < -0.39 is 5.82 Å². The number of rotatable bonds is 4. The summed E-state index contributed by atoms with van der Waals surface area (Å²) in [7, 11) is 3.50. The number of amides is 1. The minimum absolute atomic E-state index is 0.148. The van der Waals surface area contributed by atoms with Crippen LogP contribution in [0.2, 0.25) is 0 Å². The fourth-order valence-electron chi connectivity index (χ4n) is 3.23. The van der Waals surface area contributed by atoms with Crippen molar-refractivity contribution in [2.75, 3.05) is 42.3 Å². The second kappa shape index (κ2) is 7.92. The number of pyridine rings is 1. The van der Waals surface area contributed by atoms with Gasteiger partial charge in [0.1, 0.15) is 11.6 Å². The quantitative estimate of drug-likeness (QED) is 0.894. The molecule has 1 saturated heterocycles. The third kappa shape index (κ3) is 4.54. The highest BCUT2D eigenvalue weighted by Gasteiger charge is 2.23. The second-order valence-corrected chi connectivity index (χ2v) is 7.08. The molecule has 144 valence electrons. The third-order valence-corrected chi connectivity index (χ3v) is 4.44. The van der Waals surface area contributed by atoms with Gasteiger partial charge in [0.2, 0.25) is 0 Å². The van der Waals surface area contributed by atoms with Crippen molar-refractivity contribution in [1.82, 2.24) is 4.98 Å². The molecule has 6 nitrogen and oxygen atoms in total. The number of ether oxygens (including phenoxy) is 1. The zero-order chi connectivity index (χ0) is 19.6. The number of carbonyl (C=O) groups is 1. The molecule has 0 aliphatic carbocycles. The lowest BCUT2D eigenvalue weighted by Gasteiger charge is -2.36. The van der Waals surface area contributed by atoms with Gasteiger partial charge in [0.25, 0.3) is 5.91 Å². The Labute approximate surface area is 158 Å². The van der Waals surface area contributed by atoms with E-state index >= 15 is 0 Å². The van der Waals surface area contributed by atoms with Gasteiger partial charge >= 0.3 is 0 Å². The summed E-state index contributed by atoms with van der Waals surface area (Å²) in [6.45, 7) is 5.64. The van der Waals surface area contributed by atoms with Crippen molar-refractivity contribution in [3.8, 4) is 0 Å². The number of hydrogen-bond acceptors (Lipinski definition) is 5. The zero-order valence-electron chi connectivity index (χ0n) is 16.1. The van der Waals surface area contributed by atoms with E-state index in [0.717, 1.165) is 18.9 Å². The molecule has 0 radical (unpaired) electrons. The Morgan fingerprint density at radius 3 is 2.48 bits per heavy atom. The molecule has 0 saturated carbocycles. The number of nitrogens with one attached hydrogen (secondary N) is 1. The molecular weight excluding hydrogens is 347 g/mol. The number of morpholine rings is 1. The van der Waals surface area contributed by atoms with E-state index in [1.807, 2.05) is 19.9 Å². The maximum atomic E-state index is 14.1. The highest BCUT2D eigenvalue weighted by atomic mass is 19.1. The maximum absolute atomic E-state index is 14.1. The van der Waals surface area contributed by atoms with E-state index in [2.05, 4.69) is 15.2 Å². The van der Waals surface area contributed by atoms with Gasteiger partial charge in [-0.05, 0) is 44.2 Å². The Bertz CT molecular complexity index is 800. The lowest BCUT2D eigenvalue weighted by Crippen LogP contribution is -2.45. The molecule has 2 heterocycles. The summed E-state index contributed by atoms with van der Waals surface area (Å²) in [5, 5.41) is 2.76. The van der Waals surface area contributed by atoms with Gasteiger partial charge in [-0.3, -0.25) is 4.79 Å². The lowest BCUT2D eigenvalue weighted by molar-refractivity contribution is -0.00545. The number of hydrogen-bond donors (Lipinski definition) is 1. The maximum Gasteiger partial charge on any atom is 0.255 e. The van der Waals surface area contributed by atoms with Gasteiger partial charge in [-0.1, -0.05) is 0 Å². The van der Waals surface area contributed by atoms with E-state index in [4.69, 9.17) is 4.74 Å². The Morgan fingerprint density at radius 1 is 1.22 bits per heavy atom. The van der Waals surface area contributed by atoms with Crippen molar-refractivity contribution in [3.05, 3.63) is 47.9 Å². The van der Waals surface area contributed by atoms with Gasteiger partial charge in [0.05, 0.1) is 29.8 Å². The Balaban J connectivity index is 1.67. The molecule has 2 unspecified atom stereocenters. The average molecular weight is 372 g/mol. The fraction of sp³-hybridized carbons (Fsp3) is 0.400. The van der Waals surface area contributed by atoms with Crippen LogP contribution in [0.3, 0.4) is 0 Å². The van der Waals surface area contributed by atoms with E-state index in [1.54, 1.807) is 43.4 Å². The van der Waals surface area contributed by atoms with Crippen LogP contribution in [-0.4, -0.2) is 50.3 Å². The van der Waals surface area contributed by atoms with Crippen LogP contribution in [0, 0.1) is 5.82 Å². The molecule has 1 amide bonds. The SMILES string of the molecule is CC1CN(c2ccc(NC(=O)c3ccc(N(C)C)c(F)c3)cn2)CC(C)O1. The smallest absolute Gasteiger partial charge is 0.255 e. The lowest BCUT2D eigenvalue weighted by atomic mass is 10.1. The van der Waals surface area contributed by atoms with Gasteiger partial charge in [-0.15, -0.1) is 0 Å². The molecule has 1 aliphatic rings. The van der Waals surface area contributed by atoms with Crippen LogP contribution in [-0.2, 0) is 4.74 Å². The molecule has 1 N–H and O–H groups in total. The Kier molecular flexibility index (Phi) is 5.60. The van der Waals surface area contributed by atoms with E-state index in [-0.39, 0.29) is 23.7 Å². The standard InChI is InChI=1S/C20H25FN4O2/c1-13-11-25(12-14(2)27-13)19-8-6-16(10-22-19)23-20(26)15-5-7-18(24(3)4)17(21)9-15/h5-10,13-14H,11-12H2,1-4H3,(H,23,26). The zero-order valence-corrected chi connectivity index (χ0v) is 16.1. The number of carbonyl (C=O) groups excluding carboxylic acids is 1. The normalized spacial score (nSPS) is 19.7. The monoisotopic (exact) mass is 372 g/mol. The summed E-state index contributed by atoms with van der Waals surface area (Å²) in [5.74, 6) is 0.0374. The van der Waals surface area contributed by atoms with Crippen LogP contribution < -0.4 is 15.1 Å². The summed E-state index contributed by atoms with van der Waals surface area (Å²) in [5.41, 5.74) is 1.26. The van der Waals surface area contributed by atoms with Crippen LogP contribution in [0.1, 0.15) is 24.2 Å². The van der Waals surface area contributed by atoms with E-state index in [0.29, 0.717) is 11.4 Å². The van der Waals surface area contributed by atoms with Gasteiger partial charge < -0.3 is 19.9 Å². The summed E-state index contributed by atoms with van der Waals surface area (Å²) in [6.07, 6.45) is 1.91. The number of aromatic nitrogens is 1. The first-order chi connectivity index (χ1) is 12.8. The third-order valence-electron chi connectivity index (χ3n) is 4.44. The minimum Gasteiger partial charge on any atom is -0.375 e. The van der Waals surface area contributed by atoms with E-state index in [1.165, 1.54) is 6.07 Å². The molecule has 1 aliphatic heterocycles. The van der Waals surface area contributed by atoms with Crippen molar-refractivity contribution >= 4 is 23.1 Å². The fourth-order valence-corrected chi connectivity index (χ4v) is 3.23. The molecule has 0 bridgehead atoms. The Hall–Kier alpha value is -2.67. The second-order valence-electron chi connectivity index (χ2n) is 7.08. The van der Waals surface area contributed by atoms with Crippen molar-refractivity contribution < 1.29 is 13.9 Å². The van der Waals surface area contributed by atoms with Crippen LogP contribution in [0.5, 0.6) is 0 Å². The van der Waals surface area contributed by atoms with Gasteiger partial charge in [0, 0.05) is 32.7 Å². The predicted octanol–water partition coefficient (Wildman–Crippen LogP) is 3.15. The number of nitrogens with zero attached hydrogens (tertiary/aromatic N) is 3. The van der Waals surface area contributed by atoms with Crippen LogP contribution >= 0.6 is 0 Å². The molecule has 0 spiro atoms. The molecule has 2 aromatic rings. The van der Waals surface area contributed by atoms with Crippen LogP contribution in [0.15, 0.2) is 36.5 Å². The molecule has 2 atom stereocenters. The van der Waals surface area contributed by atoms with Gasteiger partial charge in [-0.2, -0.15) is 0 Å². The highest BCUT2D eigenvalue weighted by molar-refractivity contribution is 6.04. The first-order valence-corrected chi connectivity index (χ1v) is 8.98. The first kappa shape index (κ1) is 19.1. The van der Waals surface area contributed by atoms with Gasteiger partial charge in [0.15, 0.2) is 0 Å². The average Bonchev–Trinajstić information content (AvgIpc) is 2.61. The predicted molar refractivity (Wildman–Crippen MR) is 105 cm³/mol. The number of halogens is 1. The molecule has 1 fully saturated rings. The van der Waals surface area contributed by atoms with E-state index in [9.17, 15) is 9.18 Å². The van der Waals surface area contributed by atoms with Crippen molar-refractivity contribution in [2.24, 2.45) is 0 Å². The summed E-state index contributed by atoms with van der Waals surface area (Å²) in [6, 6.07) is 8.10. The van der Waals surface area contributed by atoms with Crippen LogP contribution in [0.25, 0.3) is 0 Å². The van der Waals surface area contributed by atoms with Crippen molar-refractivity contribution in [3.63, 3.8) is 0 Å². The van der Waals surface area contributed by atoms with Crippen LogP contribution in [0.4, 0.5) is 21.6 Å². The minimum atomic E-state index is -0.434. The van der Waals surface area contributed by atoms with Crippen molar-refractivity contribution in [2.45, 2.75) is 26.1 Å². The molecular formula is C20H25FN4O2. The molecule has 27 heavy (non-hydrogen) atoms.